The molecule has 0 saturated carbocycles. The van der Waals surface area contributed by atoms with Crippen molar-refractivity contribution in [1.82, 2.24) is 4.90 Å². The molecule has 0 aromatic heterocycles. The van der Waals surface area contributed by atoms with Crippen LogP contribution in [0.4, 0.5) is 4.79 Å². The first kappa shape index (κ1) is 16.9. The van der Waals surface area contributed by atoms with Gasteiger partial charge in [-0.15, -0.1) is 0 Å². The van der Waals surface area contributed by atoms with Crippen molar-refractivity contribution in [3.63, 3.8) is 0 Å². The Labute approximate surface area is 123 Å². The number of unbranched alkanes of at least 4 members (excludes halogenated alkanes) is 1. The number of urea groups is 1. The number of esters is 1. The summed E-state index contributed by atoms with van der Waals surface area (Å²) < 4.78 is 4.97. The van der Waals surface area contributed by atoms with Crippen molar-refractivity contribution in [1.29, 1.82) is 0 Å². The molecule has 0 aromatic carbocycles. The fourth-order valence-corrected chi connectivity index (χ4v) is 1.78. The Kier molecular flexibility index (Phi) is 5.63. The number of hydrogen-bond acceptors (Lipinski definition) is 5. The summed E-state index contributed by atoms with van der Waals surface area (Å²) in [5, 5.41) is 9.64. The Hall–Kier alpha value is -2.18. The number of aliphatic imine (C=N–C) groups is 1. The van der Waals surface area contributed by atoms with Gasteiger partial charge in [0.25, 0.3) is 5.91 Å². The molecular formula is C14H20N2O5. The lowest BCUT2D eigenvalue weighted by Gasteiger charge is -2.13. The van der Waals surface area contributed by atoms with Gasteiger partial charge in [-0.2, -0.15) is 4.99 Å². The van der Waals surface area contributed by atoms with Crippen molar-refractivity contribution >= 4 is 23.6 Å². The molecule has 0 aliphatic carbocycles. The maximum Gasteiger partial charge on any atom is 0.351 e. The van der Waals surface area contributed by atoms with Gasteiger partial charge in [0.2, 0.25) is 0 Å². The number of aliphatic hydroxyl groups is 1. The van der Waals surface area contributed by atoms with Crippen molar-refractivity contribution in [2.75, 3.05) is 6.54 Å². The van der Waals surface area contributed by atoms with Crippen LogP contribution in [0.2, 0.25) is 0 Å². The van der Waals surface area contributed by atoms with Gasteiger partial charge in [0.1, 0.15) is 11.3 Å². The van der Waals surface area contributed by atoms with Crippen molar-refractivity contribution in [2.24, 2.45) is 4.99 Å². The number of carbonyl (C=O) groups excluding carboxylic acids is 3. The van der Waals surface area contributed by atoms with Crippen LogP contribution < -0.4 is 0 Å². The monoisotopic (exact) mass is 296 g/mol. The second kappa shape index (κ2) is 7.01. The summed E-state index contributed by atoms with van der Waals surface area (Å²) in [6.45, 7) is 6.68. The van der Waals surface area contributed by atoms with Gasteiger partial charge in [0.05, 0.1) is 6.10 Å². The molecule has 0 spiro atoms. The van der Waals surface area contributed by atoms with Gasteiger partial charge < -0.3 is 9.84 Å². The highest BCUT2D eigenvalue weighted by atomic mass is 16.5. The lowest BCUT2D eigenvalue weighted by molar-refractivity contribution is -0.142. The molecule has 0 unspecified atom stereocenters. The average Bonchev–Trinajstić information content (AvgIpc) is 2.62. The molecule has 0 atom stereocenters. The Morgan fingerprint density at radius 2 is 2.00 bits per heavy atom. The summed E-state index contributed by atoms with van der Waals surface area (Å²) in [6.07, 6.45) is 1.04. The Morgan fingerprint density at radius 1 is 1.38 bits per heavy atom. The second-order valence-electron chi connectivity index (χ2n) is 4.97. The topological polar surface area (TPSA) is 96.3 Å². The van der Waals surface area contributed by atoms with E-state index in [4.69, 9.17) is 4.74 Å². The first-order valence-electron chi connectivity index (χ1n) is 6.85. The minimum absolute atomic E-state index is 0.234. The molecule has 1 rings (SSSR count). The third-order valence-electron chi connectivity index (χ3n) is 2.77. The van der Waals surface area contributed by atoms with Crippen LogP contribution in [0.1, 0.15) is 40.5 Å². The standard InChI is InChI=1S/C14H20N2O5/c1-5-6-7-16-12(18)11(15-14(16)20)10(9(4)17)13(19)21-8(2)3/h8,17H,5-7H2,1-4H3. The molecule has 0 saturated heterocycles. The molecule has 0 bridgehead atoms. The third-order valence-corrected chi connectivity index (χ3v) is 2.77. The first-order chi connectivity index (χ1) is 9.79. The molecule has 1 aliphatic heterocycles. The Morgan fingerprint density at radius 3 is 2.48 bits per heavy atom. The fourth-order valence-electron chi connectivity index (χ4n) is 1.78. The Balaban J connectivity index is 3.05. The molecule has 116 valence electrons. The summed E-state index contributed by atoms with van der Waals surface area (Å²) in [6, 6.07) is -0.723. The number of amides is 3. The van der Waals surface area contributed by atoms with E-state index >= 15 is 0 Å². The molecule has 0 radical (unpaired) electrons. The lowest BCUT2D eigenvalue weighted by Crippen LogP contribution is -2.35. The van der Waals surface area contributed by atoms with Crippen molar-refractivity contribution in [3.8, 4) is 0 Å². The van der Waals surface area contributed by atoms with E-state index in [1.165, 1.54) is 6.92 Å². The third kappa shape index (κ3) is 3.90. The normalized spacial score (nSPS) is 16.2. The van der Waals surface area contributed by atoms with Gasteiger partial charge in [-0.1, -0.05) is 13.3 Å². The summed E-state index contributed by atoms with van der Waals surface area (Å²) in [5.41, 5.74) is -0.720. The molecule has 7 heteroatoms. The summed E-state index contributed by atoms with van der Waals surface area (Å²) in [4.78, 5) is 40.4. The number of rotatable bonds is 6. The van der Waals surface area contributed by atoms with Crippen LogP contribution in [-0.2, 0) is 14.3 Å². The van der Waals surface area contributed by atoms with E-state index < -0.39 is 29.8 Å². The second-order valence-corrected chi connectivity index (χ2v) is 4.97. The van der Waals surface area contributed by atoms with Crippen LogP contribution in [-0.4, -0.2) is 46.3 Å². The average molecular weight is 296 g/mol. The minimum atomic E-state index is -0.873. The number of aliphatic hydroxyl groups excluding tert-OH is 1. The molecule has 0 fully saturated rings. The highest BCUT2D eigenvalue weighted by Crippen LogP contribution is 2.17. The van der Waals surface area contributed by atoms with Crippen LogP contribution in [0.15, 0.2) is 16.3 Å². The van der Waals surface area contributed by atoms with E-state index in [9.17, 15) is 19.5 Å². The van der Waals surface area contributed by atoms with Crippen LogP contribution in [0.25, 0.3) is 0 Å². The summed E-state index contributed by atoms with van der Waals surface area (Å²) in [7, 11) is 0. The van der Waals surface area contributed by atoms with E-state index in [-0.39, 0.29) is 17.8 Å². The number of nitrogens with zero attached hydrogens (tertiary/aromatic N) is 2. The zero-order chi connectivity index (χ0) is 16.2. The quantitative estimate of drug-likeness (QED) is 0.459. The summed E-state index contributed by atoms with van der Waals surface area (Å²) >= 11 is 0. The number of carbonyl (C=O) groups is 3. The highest BCUT2D eigenvalue weighted by Gasteiger charge is 2.38. The zero-order valence-electron chi connectivity index (χ0n) is 12.7. The predicted molar refractivity (Wildman–Crippen MR) is 76.0 cm³/mol. The van der Waals surface area contributed by atoms with Gasteiger partial charge in [-0.05, 0) is 27.2 Å². The van der Waals surface area contributed by atoms with E-state index in [0.717, 1.165) is 11.3 Å². The SMILES string of the molecule is CCCCN1C(=O)N=C(C(C(=O)OC(C)C)=C(C)O)C1=O. The largest absolute Gasteiger partial charge is 0.512 e. The molecule has 0 aromatic rings. The Bertz CT molecular complexity index is 515. The van der Waals surface area contributed by atoms with E-state index in [2.05, 4.69) is 4.99 Å². The number of allylic oxidation sites excluding steroid dienone is 1. The molecule has 7 nitrogen and oxygen atoms in total. The molecular weight excluding hydrogens is 276 g/mol. The van der Waals surface area contributed by atoms with Crippen molar-refractivity contribution < 1.29 is 24.2 Å². The fraction of sp³-hybridized carbons (Fsp3) is 0.571. The van der Waals surface area contributed by atoms with E-state index in [1.807, 2.05) is 6.92 Å². The maximum atomic E-state index is 12.2. The molecule has 1 aliphatic rings. The summed E-state index contributed by atoms with van der Waals surface area (Å²) in [5.74, 6) is -1.96. The van der Waals surface area contributed by atoms with Crippen molar-refractivity contribution in [2.45, 2.75) is 46.6 Å². The smallest absolute Gasteiger partial charge is 0.351 e. The predicted octanol–water partition coefficient (Wildman–Crippen LogP) is 1.97. The van der Waals surface area contributed by atoms with Gasteiger partial charge >= 0.3 is 12.0 Å². The minimum Gasteiger partial charge on any atom is -0.512 e. The zero-order valence-corrected chi connectivity index (χ0v) is 12.7. The first-order valence-corrected chi connectivity index (χ1v) is 6.85. The molecule has 21 heavy (non-hydrogen) atoms. The molecule has 3 amide bonds. The van der Waals surface area contributed by atoms with Crippen LogP contribution in [0, 0.1) is 0 Å². The van der Waals surface area contributed by atoms with Crippen LogP contribution >= 0.6 is 0 Å². The number of imide groups is 1. The number of ether oxygens (including phenoxy) is 1. The highest BCUT2D eigenvalue weighted by molar-refractivity contribution is 6.55. The van der Waals surface area contributed by atoms with Gasteiger partial charge in [-0.25, -0.2) is 9.59 Å². The van der Waals surface area contributed by atoms with Gasteiger partial charge in [0, 0.05) is 6.54 Å². The van der Waals surface area contributed by atoms with Gasteiger partial charge in [0.15, 0.2) is 5.71 Å². The van der Waals surface area contributed by atoms with E-state index in [0.29, 0.717) is 6.42 Å². The molecule has 1 N–H and O–H groups in total. The van der Waals surface area contributed by atoms with Crippen LogP contribution in [0.3, 0.4) is 0 Å². The van der Waals surface area contributed by atoms with E-state index in [1.54, 1.807) is 13.8 Å². The van der Waals surface area contributed by atoms with Crippen LogP contribution in [0.5, 0.6) is 0 Å². The molecule has 1 heterocycles. The number of hydrogen-bond donors (Lipinski definition) is 1. The lowest BCUT2D eigenvalue weighted by atomic mass is 10.1. The van der Waals surface area contributed by atoms with Crippen molar-refractivity contribution in [3.05, 3.63) is 11.3 Å². The van der Waals surface area contributed by atoms with Gasteiger partial charge in [-0.3, -0.25) is 9.69 Å². The maximum absolute atomic E-state index is 12.2.